The minimum Gasteiger partial charge on any atom is -0.490 e. The lowest BCUT2D eigenvalue weighted by molar-refractivity contribution is -0.149. The van der Waals surface area contributed by atoms with Crippen molar-refractivity contribution in [2.24, 2.45) is 5.92 Å². The average molecular weight is 380 g/mol. The zero-order chi connectivity index (χ0) is 19.3. The van der Waals surface area contributed by atoms with Gasteiger partial charge in [0.25, 0.3) is 0 Å². The van der Waals surface area contributed by atoms with Gasteiger partial charge in [-0.2, -0.15) is 0 Å². The Labute approximate surface area is 166 Å². The molecule has 1 fully saturated rings. The number of ether oxygens (including phenoxy) is 3. The lowest BCUT2D eigenvalue weighted by Gasteiger charge is -2.29. The molecule has 2 aromatic rings. The molecule has 1 atom stereocenters. The van der Waals surface area contributed by atoms with Crippen molar-refractivity contribution in [1.82, 2.24) is 0 Å². The summed E-state index contributed by atoms with van der Waals surface area (Å²) >= 11 is 0. The third kappa shape index (κ3) is 4.32. The minimum atomic E-state index is -0.0557. The molecule has 1 aliphatic carbocycles. The van der Waals surface area contributed by atoms with Gasteiger partial charge in [0, 0.05) is 0 Å². The Morgan fingerprint density at radius 3 is 2.57 bits per heavy atom. The molecular weight excluding hydrogens is 352 g/mol. The smallest absolute Gasteiger partial charge is 0.308 e. The summed E-state index contributed by atoms with van der Waals surface area (Å²) in [5, 5.41) is 0. The highest BCUT2D eigenvalue weighted by atomic mass is 16.5. The maximum Gasteiger partial charge on any atom is 0.308 e. The first-order valence-electron chi connectivity index (χ1n) is 10.4. The Bertz CT molecular complexity index is 794. The summed E-state index contributed by atoms with van der Waals surface area (Å²) in [6.45, 7) is 2.31. The summed E-state index contributed by atoms with van der Waals surface area (Å²) in [6, 6.07) is 16.6. The standard InChI is InChI=1S/C24H28O4/c1-2-26-24(25)18-8-11-20(12-9-18)27-21-13-15-23-19(16-21)10-14-22(28-23)17-6-4-3-5-7-17/h3-7,13,15-16,18,20,22H,2,8-12,14H2,1H3/t18-,20+,22?. The van der Waals surface area contributed by atoms with E-state index in [-0.39, 0.29) is 24.1 Å². The third-order valence-electron chi connectivity index (χ3n) is 5.75. The Morgan fingerprint density at radius 1 is 1.04 bits per heavy atom. The van der Waals surface area contributed by atoms with Gasteiger partial charge in [-0.1, -0.05) is 30.3 Å². The van der Waals surface area contributed by atoms with Crippen molar-refractivity contribution in [1.29, 1.82) is 0 Å². The van der Waals surface area contributed by atoms with Crippen LogP contribution in [0.3, 0.4) is 0 Å². The van der Waals surface area contributed by atoms with Gasteiger partial charge in [0.15, 0.2) is 0 Å². The van der Waals surface area contributed by atoms with Crippen LogP contribution in [0.25, 0.3) is 0 Å². The molecule has 0 radical (unpaired) electrons. The van der Waals surface area contributed by atoms with Gasteiger partial charge in [-0.25, -0.2) is 0 Å². The molecule has 148 valence electrons. The highest BCUT2D eigenvalue weighted by Crippen LogP contribution is 2.37. The van der Waals surface area contributed by atoms with Crippen molar-refractivity contribution in [3.8, 4) is 11.5 Å². The lowest BCUT2D eigenvalue weighted by atomic mass is 9.87. The topological polar surface area (TPSA) is 44.8 Å². The fraction of sp³-hybridized carbons (Fsp3) is 0.458. The molecule has 1 heterocycles. The van der Waals surface area contributed by atoms with Gasteiger partial charge in [0.2, 0.25) is 0 Å². The van der Waals surface area contributed by atoms with Crippen molar-refractivity contribution in [3.05, 3.63) is 59.7 Å². The SMILES string of the molecule is CCOC(=O)[C@H]1CC[C@@H](Oc2ccc3c(c2)CCC(c2ccccc2)O3)CC1. The maximum absolute atomic E-state index is 11.9. The van der Waals surface area contributed by atoms with Crippen LogP contribution in [0.4, 0.5) is 0 Å². The summed E-state index contributed by atoms with van der Waals surface area (Å²) in [6.07, 6.45) is 5.74. The van der Waals surface area contributed by atoms with Crippen LogP contribution in [0.15, 0.2) is 48.5 Å². The van der Waals surface area contributed by atoms with E-state index >= 15 is 0 Å². The van der Waals surface area contributed by atoms with Gasteiger partial charge < -0.3 is 14.2 Å². The van der Waals surface area contributed by atoms with E-state index in [0.29, 0.717) is 6.61 Å². The normalized spacial score (nSPS) is 24.0. The summed E-state index contributed by atoms with van der Waals surface area (Å²) < 4.78 is 17.6. The molecule has 28 heavy (non-hydrogen) atoms. The molecule has 0 amide bonds. The number of carbonyl (C=O) groups is 1. The van der Waals surface area contributed by atoms with Crippen molar-refractivity contribution >= 4 is 5.97 Å². The Morgan fingerprint density at radius 2 is 1.82 bits per heavy atom. The average Bonchev–Trinajstić information content (AvgIpc) is 2.75. The number of fused-ring (bicyclic) bond motifs is 1. The number of esters is 1. The second-order valence-electron chi connectivity index (χ2n) is 7.67. The first-order valence-corrected chi connectivity index (χ1v) is 10.4. The van der Waals surface area contributed by atoms with Gasteiger partial charge in [-0.15, -0.1) is 0 Å². The van der Waals surface area contributed by atoms with E-state index < -0.39 is 0 Å². The predicted octanol–water partition coefficient (Wildman–Crippen LogP) is 5.25. The van der Waals surface area contributed by atoms with E-state index in [0.717, 1.165) is 50.0 Å². The summed E-state index contributed by atoms with van der Waals surface area (Å²) in [5.41, 5.74) is 2.44. The highest BCUT2D eigenvalue weighted by molar-refractivity contribution is 5.72. The molecular formula is C24H28O4. The quantitative estimate of drug-likeness (QED) is 0.664. The molecule has 4 rings (SSSR count). The minimum absolute atomic E-state index is 0.0339. The van der Waals surface area contributed by atoms with Crippen molar-refractivity contribution in [2.45, 2.75) is 57.7 Å². The molecule has 0 saturated heterocycles. The first-order chi connectivity index (χ1) is 13.7. The molecule has 0 spiro atoms. The number of hydrogen-bond acceptors (Lipinski definition) is 4. The van der Waals surface area contributed by atoms with Crippen LogP contribution in [0.1, 0.15) is 56.3 Å². The van der Waals surface area contributed by atoms with E-state index in [4.69, 9.17) is 14.2 Å². The third-order valence-corrected chi connectivity index (χ3v) is 5.75. The predicted molar refractivity (Wildman–Crippen MR) is 108 cm³/mol. The lowest BCUT2D eigenvalue weighted by Crippen LogP contribution is -2.29. The van der Waals surface area contributed by atoms with Crippen molar-refractivity contribution in [2.75, 3.05) is 6.61 Å². The van der Waals surface area contributed by atoms with Gasteiger partial charge in [0.05, 0.1) is 18.6 Å². The zero-order valence-corrected chi connectivity index (χ0v) is 16.4. The number of hydrogen-bond donors (Lipinski definition) is 0. The second-order valence-corrected chi connectivity index (χ2v) is 7.67. The monoisotopic (exact) mass is 380 g/mol. The molecule has 0 aromatic heterocycles. The Balaban J connectivity index is 1.34. The van der Waals surface area contributed by atoms with E-state index in [1.165, 1.54) is 11.1 Å². The van der Waals surface area contributed by atoms with E-state index in [9.17, 15) is 4.79 Å². The van der Waals surface area contributed by atoms with E-state index in [2.05, 4.69) is 30.3 Å². The Hall–Kier alpha value is -2.49. The molecule has 2 aliphatic rings. The van der Waals surface area contributed by atoms with Crippen molar-refractivity contribution in [3.63, 3.8) is 0 Å². The molecule has 1 unspecified atom stereocenters. The van der Waals surface area contributed by atoms with E-state index in [1.54, 1.807) is 0 Å². The molecule has 0 N–H and O–H groups in total. The fourth-order valence-corrected chi connectivity index (χ4v) is 4.21. The molecule has 1 aliphatic heterocycles. The fourth-order valence-electron chi connectivity index (χ4n) is 4.21. The first kappa shape index (κ1) is 18.9. The largest absolute Gasteiger partial charge is 0.490 e. The second kappa shape index (κ2) is 8.68. The molecule has 4 nitrogen and oxygen atoms in total. The van der Waals surface area contributed by atoms with Crippen LogP contribution >= 0.6 is 0 Å². The van der Waals surface area contributed by atoms with Crippen LogP contribution in [0.5, 0.6) is 11.5 Å². The van der Waals surface area contributed by atoms with Gasteiger partial charge in [-0.3, -0.25) is 4.79 Å². The summed E-state index contributed by atoms with van der Waals surface area (Å²) in [7, 11) is 0. The molecule has 2 aromatic carbocycles. The molecule has 4 heteroatoms. The van der Waals surface area contributed by atoms with Crippen LogP contribution in [0.2, 0.25) is 0 Å². The number of aryl methyl sites for hydroxylation is 1. The number of rotatable bonds is 5. The zero-order valence-electron chi connectivity index (χ0n) is 16.4. The van der Waals surface area contributed by atoms with Crippen LogP contribution in [-0.2, 0) is 16.0 Å². The highest BCUT2D eigenvalue weighted by Gasteiger charge is 2.28. The Kier molecular flexibility index (Phi) is 5.84. The van der Waals surface area contributed by atoms with E-state index in [1.807, 2.05) is 25.1 Å². The maximum atomic E-state index is 11.9. The van der Waals surface area contributed by atoms with Gasteiger partial charge in [-0.05, 0) is 74.8 Å². The van der Waals surface area contributed by atoms with Gasteiger partial charge in [0.1, 0.15) is 17.6 Å². The molecule has 1 saturated carbocycles. The number of benzene rings is 2. The molecule has 0 bridgehead atoms. The summed E-state index contributed by atoms with van der Waals surface area (Å²) in [4.78, 5) is 11.9. The van der Waals surface area contributed by atoms with Crippen LogP contribution < -0.4 is 9.47 Å². The van der Waals surface area contributed by atoms with Crippen LogP contribution in [-0.4, -0.2) is 18.7 Å². The van der Waals surface area contributed by atoms with Gasteiger partial charge >= 0.3 is 5.97 Å². The van der Waals surface area contributed by atoms with Crippen molar-refractivity contribution < 1.29 is 19.0 Å². The summed E-state index contributed by atoms with van der Waals surface area (Å²) in [5.74, 6) is 1.84. The van der Waals surface area contributed by atoms with Crippen LogP contribution in [0, 0.1) is 5.92 Å². The number of carbonyl (C=O) groups excluding carboxylic acids is 1.